The zero-order valence-electron chi connectivity index (χ0n) is 19.5. The SMILES string of the molecule is CC(=O)CCCOc1cccc2c1C(=O)c1c(OCCCC(C)=O)cc(NC(C)=O)cc1C2=O. The molecule has 2 aromatic rings. The fraction of sp³-hybridized carbons (Fsp3) is 0.346. The highest BCUT2D eigenvalue weighted by Gasteiger charge is 2.35. The third-order valence-electron chi connectivity index (χ3n) is 5.25. The van der Waals surface area contributed by atoms with Crippen LogP contribution in [0.2, 0.25) is 0 Å². The third kappa shape index (κ3) is 5.75. The van der Waals surface area contributed by atoms with Crippen LogP contribution in [0.3, 0.4) is 0 Å². The Balaban J connectivity index is 1.99. The number of rotatable bonds is 11. The van der Waals surface area contributed by atoms with Gasteiger partial charge in [-0.2, -0.15) is 0 Å². The first-order valence-corrected chi connectivity index (χ1v) is 11.1. The largest absolute Gasteiger partial charge is 0.493 e. The average Bonchev–Trinajstić information content (AvgIpc) is 2.76. The summed E-state index contributed by atoms with van der Waals surface area (Å²) in [7, 11) is 0. The van der Waals surface area contributed by atoms with E-state index in [2.05, 4.69) is 5.32 Å². The van der Waals surface area contributed by atoms with Crippen molar-refractivity contribution in [3.8, 4) is 11.5 Å². The molecule has 1 N–H and O–H groups in total. The van der Waals surface area contributed by atoms with Gasteiger partial charge in [0.15, 0.2) is 5.78 Å². The highest BCUT2D eigenvalue weighted by atomic mass is 16.5. The van der Waals surface area contributed by atoms with Gasteiger partial charge in [0.05, 0.1) is 24.3 Å². The van der Waals surface area contributed by atoms with Gasteiger partial charge in [0.25, 0.3) is 0 Å². The average molecular weight is 466 g/mol. The number of carbonyl (C=O) groups is 5. The summed E-state index contributed by atoms with van der Waals surface area (Å²) in [6.45, 7) is 4.70. The number of Topliss-reactive ketones (excluding diaryl/α,β-unsaturated/α-hetero) is 2. The Bertz CT molecular complexity index is 1170. The predicted molar refractivity (Wildman–Crippen MR) is 125 cm³/mol. The van der Waals surface area contributed by atoms with Crippen LogP contribution < -0.4 is 14.8 Å². The van der Waals surface area contributed by atoms with Crippen LogP contribution in [0, 0.1) is 0 Å². The van der Waals surface area contributed by atoms with E-state index < -0.39 is 5.78 Å². The second-order valence-electron chi connectivity index (χ2n) is 8.22. The topological polar surface area (TPSA) is 116 Å². The van der Waals surface area contributed by atoms with Crippen molar-refractivity contribution in [3.05, 3.63) is 52.6 Å². The minimum Gasteiger partial charge on any atom is -0.493 e. The molecular formula is C26H27NO7. The molecule has 3 rings (SSSR count). The van der Waals surface area contributed by atoms with Crippen LogP contribution >= 0.6 is 0 Å². The molecular weight excluding hydrogens is 438 g/mol. The van der Waals surface area contributed by atoms with E-state index >= 15 is 0 Å². The molecule has 0 saturated heterocycles. The van der Waals surface area contributed by atoms with Crippen molar-refractivity contribution in [2.75, 3.05) is 18.5 Å². The van der Waals surface area contributed by atoms with Crippen molar-refractivity contribution in [2.45, 2.75) is 46.5 Å². The van der Waals surface area contributed by atoms with E-state index in [0.717, 1.165) is 0 Å². The van der Waals surface area contributed by atoms with Gasteiger partial charge in [-0.25, -0.2) is 0 Å². The Morgan fingerprint density at radius 2 is 1.35 bits per heavy atom. The van der Waals surface area contributed by atoms with Crippen LogP contribution in [0.1, 0.15) is 78.3 Å². The van der Waals surface area contributed by atoms with Crippen LogP contribution in [0.25, 0.3) is 0 Å². The van der Waals surface area contributed by atoms with Crippen molar-refractivity contribution in [2.24, 2.45) is 0 Å². The Kier molecular flexibility index (Phi) is 7.94. The summed E-state index contributed by atoms with van der Waals surface area (Å²) in [5.41, 5.74) is 0.884. The van der Waals surface area contributed by atoms with Crippen molar-refractivity contribution < 1.29 is 33.4 Å². The van der Waals surface area contributed by atoms with E-state index in [1.54, 1.807) is 18.2 Å². The molecule has 1 amide bonds. The molecule has 0 fully saturated rings. The predicted octanol–water partition coefficient (Wildman–Crippen LogP) is 3.92. The lowest BCUT2D eigenvalue weighted by Gasteiger charge is -2.23. The fourth-order valence-corrected chi connectivity index (χ4v) is 3.77. The molecule has 0 aliphatic heterocycles. The molecule has 0 radical (unpaired) electrons. The van der Waals surface area contributed by atoms with Crippen molar-refractivity contribution in [3.63, 3.8) is 0 Å². The number of hydrogen-bond donors (Lipinski definition) is 1. The molecule has 1 aliphatic rings. The summed E-state index contributed by atoms with van der Waals surface area (Å²) in [4.78, 5) is 61.0. The molecule has 0 unspecified atom stereocenters. The maximum atomic E-state index is 13.6. The number of ether oxygens (including phenoxy) is 2. The molecule has 0 bridgehead atoms. The van der Waals surface area contributed by atoms with Gasteiger partial charge >= 0.3 is 0 Å². The normalized spacial score (nSPS) is 12.0. The molecule has 2 aromatic carbocycles. The highest BCUT2D eigenvalue weighted by Crippen LogP contribution is 2.39. The molecule has 0 atom stereocenters. The lowest BCUT2D eigenvalue weighted by Crippen LogP contribution is -2.24. The summed E-state index contributed by atoms with van der Waals surface area (Å²) < 4.78 is 11.6. The summed E-state index contributed by atoms with van der Waals surface area (Å²) in [6, 6.07) is 7.76. The quantitative estimate of drug-likeness (QED) is 0.427. The van der Waals surface area contributed by atoms with Gasteiger partial charge in [-0.05, 0) is 38.8 Å². The van der Waals surface area contributed by atoms with Crippen molar-refractivity contribution in [1.82, 2.24) is 0 Å². The van der Waals surface area contributed by atoms with Crippen LogP contribution in [0.15, 0.2) is 30.3 Å². The second-order valence-corrected chi connectivity index (χ2v) is 8.22. The van der Waals surface area contributed by atoms with E-state index in [1.165, 1.54) is 32.9 Å². The number of anilines is 1. The smallest absolute Gasteiger partial charge is 0.221 e. The van der Waals surface area contributed by atoms with Crippen molar-refractivity contribution in [1.29, 1.82) is 0 Å². The Morgan fingerprint density at radius 1 is 0.765 bits per heavy atom. The number of hydrogen-bond acceptors (Lipinski definition) is 7. The minimum absolute atomic E-state index is 0.0179. The maximum Gasteiger partial charge on any atom is 0.221 e. The summed E-state index contributed by atoms with van der Waals surface area (Å²) >= 11 is 0. The number of benzene rings is 2. The van der Waals surface area contributed by atoms with Gasteiger partial charge in [0.1, 0.15) is 23.1 Å². The lowest BCUT2D eigenvalue weighted by molar-refractivity contribution is -0.118. The van der Waals surface area contributed by atoms with E-state index in [0.29, 0.717) is 31.4 Å². The highest BCUT2D eigenvalue weighted by molar-refractivity contribution is 6.30. The van der Waals surface area contributed by atoms with Crippen LogP contribution in [-0.2, 0) is 14.4 Å². The van der Waals surface area contributed by atoms with Crippen molar-refractivity contribution >= 4 is 34.7 Å². The zero-order valence-corrected chi connectivity index (χ0v) is 19.5. The fourth-order valence-electron chi connectivity index (χ4n) is 3.77. The second kappa shape index (κ2) is 10.9. The summed E-state index contributed by atoms with van der Waals surface area (Å²) in [5, 5.41) is 2.63. The first kappa shape index (κ1) is 24.8. The Morgan fingerprint density at radius 3 is 1.94 bits per heavy atom. The van der Waals surface area contributed by atoms with Gasteiger partial charge in [0.2, 0.25) is 11.7 Å². The first-order valence-electron chi connectivity index (χ1n) is 11.1. The first-order chi connectivity index (χ1) is 16.2. The van der Waals surface area contributed by atoms with Gasteiger partial charge < -0.3 is 24.4 Å². The molecule has 0 aromatic heterocycles. The van der Waals surface area contributed by atoms with Gasteiger partial charge in [-0.15, -0.1) is 0 Å². The standard InChI is InChI=1S/C26H27NO7/c1-15(28)7-5-11-33-21-10-4-9-19-23(21)26(32)24-20(25(19)31)13-18(27-17(3)30)14-22(24)34-12-6-8-16(2)29/h4,9-10,13-14H,5-8,11-12H2,1-3H3,(H,27,30). The zero-order chi connectivity index (χ0) is 24.8. The van der Waals surface area contributed by atoms with E-state index in [4.69, 9.17) is 9.47 Å². The lowest BCUT2D eigenvalue weighted by atomic mass is 9.82. The number of amides is 1. The molecule has 34 heavy (non-hydrogen) atoms. The van der Waals surface area contributed by atoms with E-state index in [1.807, 2.05) is 0 Å². The Hall–Kier alpha value is -3.81. The number of nitrogens with one attached hydrogen (secondary N) is 1. The van der Waals surface area contributed by atoms with Crippen LogP contribution in [0.5, 0.6) is 11.5 Å². The molecule has 178 valence electrons. The molecule has 8 nitrogen and oxygen atoms in total. The molecule has 8 heteroatoms. The third-order valence-corrected chi connectivity index (χ3v) is 5.25. The maximum absolute atomic E-state index is 13.6. The molecule has 0 saturated carbocycles. The summed E-state index contributed by atoms with van der Waals surface area (Å²) in [5.74, 6) is -0.676. The molecule has 0 heterocycles. The summed E-state index contributed by atoms with van der Waals surface area (Å²) in [6.07, 6.45) is 1.61. The number of carbonyl (C=O) groups excluding carboxylic acids is 5. The van der Waals surface area contributed by atoms with Gasteiger partial charge in [0, 0.05) is 42.6 Å². The van der Waals surface area contributed by atoms with E-state index in [-0.39, 0.29) is 70.2 Å². The molecule has 1 aliphatic carbocycles. The molecule has 0 spiro atoms. The van der Waals surface area contributed by atoms with E-state index in [9.17, 15) is 24.0 Å². The van der Waals surface area contributed by atoms with Crippen LogP contribution in [-0.4, -0.2) is 42.3 Å². The number of ketones is 4. The minimum atomic E-state index is -0.428. The van der Waals surface area contributed by atoms with Gasteiger partial charge in [-0.3, -0.25) is 14.4 Å². The van der Waals surface area contributed by atoms with Crippen LogP contribution in [0.4, 0.5) is 5.69 Å². The number of fused-ring (bicyclic) bond motifs is 2. The van der Waals surface area contributed by atoms with Gasteiger partial charge in [-0.1, -0.05) is 12.1 Å². The Labute approximate surface area is 197 Å². The monoisotopic (exact) mass is 465 g/mol.